The molecular formula is C14H21N3O. The number of pyridine rings is 1. The number of amides is 1. The molecule has 1 aromatic heterocycles. The molecule has 0 atom stereocenters. The van der Waals surface area contributed by atoms with E-state index in [1.807, 2.05) is 31.1 Å². The van der Waals surface area contributed by atoms with Crippen molar-refractivity contribution in [3.63, 3.8) is 0 Å². The molecule has 0 aliphatic heterocycles. The summed E-state index contributed by atoms with van der Waals surface area (Å²) in [5.74, 6) is 1.23. The van der Waals surface area contributed by atoms with Gasteiger partial charge in [-0.05, 0) is 25.0 Å². The van der Waals surface area contributed by atoms with Gasteiger partial charge in [-0.2, -0.15) is 0 Å². The van der Waals surface area contributed by atoms with Gasteiger partial charge in [-0.25, -0.2) is 4.98 Å². The predicted molar refractivity (Wildman–Crippen MR) is 73.8 cm³/mol. The first-order valence-electron chi connectivity index (χ1n) is 6.61. The van der Waals surface area contributed by atoms with Crippen molar-refractivity contribution in [1.82, 2.24) is 4.98 Å². The van der Waals surface area contributed by atoms with E-state index in [1.165, 1.54) is 19.3 Å². The van der Waals surface area contributed by atoms with Gasteiger partial charge in [0.05, 0.1) is 11.9 Å². The molecule has 1 amide bonds. The van der Waals surface area contributed by atoms with Gasteiger partial charge >= 0.3 is 0 Å². The zero-order valence-electron chi connectivity index (χ0n) is 11.1. The molecule has 18 heavy (non-hydrogen) atoms. The Kier molecular flexibility index (Phi) is 4.18. The molecule has 0 radical (unpaired) electrons. The Morgan fingerprint density at radius 3 is 2.56 bits per heavy atom. The number of anilines is 2. The predicted octanol–water partition coefficient (Wildman–Crippen LogP) is 2.67. The molecule has 1 aliphatic carbocycles. The summed E-state index contributed by atoms with van der Waals surface area (Å²) in [6.07, 6.45) is 7.38. The van der Waals surface area contributed by atoms with Crippen molar-refractivity contribution < 1.29 is 4.79 Å². The molecule has 4 heteroatoms. The van der Waals surface area contributed by atoms with Crippen LogP contribution in [0.3, 0.4) is 0 Å². The van der Waals surface area contributed by atoms with Gasteiger partial charge in [-0.15, -0.1) is 0 Å². The van der Waals surface area contributed by atoms with Gasteiger partial charge in [-0.3, -0.25) is 4.79 Å². The van der Waals surface area contributed by atoms with Crippen LogP contribution in [0, 0.1) is 5.92 Å². The summed E-state index contributed by atoms with van der Waals surface area (Å²) >= 11 is 0. The van der Waals surface area contributed by atoms with Crippen molar-refractivity contribution in [1.29, 1.82) is 0 Å². The maximum atomic E-state index is 12.0. The van der Waals surface area contributed by atoms with Crippen molar-refractivity contribution in [2.75, 3.05) is 24.3 Å². The fourth-order valence-corrected chi connectivity index (χ4v) is 2.33. The first kappa shape index (κ1) is 12.9. The number of hydrogen-bond donors (Lipinski definition) is 1. The van der Waals surface area contributed by atoms with E-state index < -0.39 is 0 Å². The first-order valence-corrected chi connectivity index (χ1v) is 6.61. The Bertz CT molecular complexity index is 394. The number of hydrogen-bond acceptors (Lipinski definition) is 3. The van der Waals surface area contributed by atoms with Crippen LogP contribution in [-0.2, 0) is 4.79 Å². The summed E-state index contributed by atoms with van der Waals surface area (Å²) in [5, 5.41) is 2.96. The monoisotopic (exact) mass is 247 g/mol. The highest BCUT2D eigenvalue weighted by molar-refractivity contribution is 5.92. The molecule has 1 saturated carbocycles. The molecular weight excluding hydrogens is 226 g/mol. The second kappa shape index (κ2) is 5.85. The standard InChI is InChI=1S/C14H21N3O/c1-17(2)13-9-8-12(10-15-13)16-14(18)11-6-4-3-5-7-11/h8-11H,3-7H2,1-2H3,(H,16,18). The van der Waals surface area contributed by atoms with E-state index >= 15 is 0 Å². The first-order chi connectivity index (χ1) is 8.66. The average Bonchev–Trinajstić information content (AvgIpc) is 2.40. The minimum absolute atomic E-state index is 0.147. The van der Waals surface area contributed by atoms with Crippen LogP contribution >= 0.6 is 0 Å². The Hall–Kier alpha value is -1.58. The van der Waals surface area contributed by atoms with E-state index in [0.717, 1.165) is 24.3 Å². The molecule has 98 valence electrons. The minimum atomic E-state index is 0.147. The topological polar surface area (TPSA) is 45.2 Å². The third-order valence-corrected chi connectivity index (χ3v) is 3.45. The van der Waals surface area contributed by atoms with Crippen LogP contribution in [0.5, 0.6) is 0 Å². The van der Waals surface area contributed by atoms with Gasteiger partial charge in [0.15, 0.2) is 0 Å². The molecule has 2 rings (SSSR count). The second-order valence-corrected chi connectivity index (χ2v) is 5.12. The molecule has 0 bridgehead atoms. The maximum Gasteiger partial charge on any atom is 0.227 e. The molecule has 0 saturated heterocycles. The molecule has 4 nitrogen and oxygen atoms in total. The lowest BCUT2D eigenvalue weighted by molar-refractivity contribution is -0.120. The fraction of sp³-hybridized carbons (Fsp3) is 0.571. The smallest absolute Gasteiger partial charge is 0.227 e. The van der Waals surface area contributed by atoms with Crippen molar-refractivity contribution in [3.8, 4) is 0 Å². The van der Waals surface area contributed by atoms with Crippen LogP contribution in [0.25, 0.3) is 0 Å². The Labute approximate surface area is 108 Å². The normalized spacial score (nSPS) is 16.3. The molecule has 0 aromatic carbocycles. The number of aromatic nitrogens is 1. The van der Waals surface area contributed by atoms with Gasteiger partial charge in [0.25, 0.3) is 0 Å². The van der Waals surface area contributed by atoms with Gasteiger partial charge in [-0.1, -0.05) is 19.3 Å². The number of nitrogens with zero attached hydrogens (tertiary/aromatic N) is 2. The number of carbonyl (C=O) groups excluding carboxylic acids is 1. The highest BCUT2D eigenvalue weighted by atomic mass is 16.1. The third-order valence-electron chi connectivity index (χ3n) is 3.45. The molecule has 1 heterocycles. The number of rotatable bonds is 3. The maximum absolute atomic E-state index is 12.0. The Morgan fingerprint density at radius 1 is 1.28 bits per heavy atom. The van der Waals surface area contributed by atoms with E-state index in [1.54, 1.807) is 6.20 Å². The average molecular weight is 247 g/mol. The van der Waals surface area contributed by atoms with Crippen LogP contribution in [-0.4, -0.2) is 25.0 Å². The number of nitrogens with one attached hydrogen (secondary N) is 1. The summed E-state index contributed by atoms with van der Waals surface area (Å²) in [6, 6.07) is 3.82. The van der Waals surface area contributed by atoms with Gasteiger partial charge in [0.2, 0.25) is 5.91 Å². The van der Waals surface area contributed by atoms with Crippen molar-refractivity contribution in [3.05, 3.63) is 18.3 Å². The molecule has 0 unspecified atom stereocenters. The highest BCUT2D eigenvalue weighted by Gasteiger charge is 2.20. The van der Waals surface area contributed by atoms with E-state index in [2.05, 4.69) is 10.3 Å². The largest absolute Gasteiger partial charge is 0.363 e. The minimum Gasteiger partial charge on any atom is -0.363 e. The van der Waals surface area contributed by atoms with Crippen LogP contribution in [0.1, 0.15) is 32.1 Å². The lowest BCUT2D eigenvalue weighted by atomic mass is 9.88. The summed E-state index contributed by atoms with van der Waals surface area (Å²) in [7, 11) is 3.89. The van der Waals surface area contributed by atoms with E-state index in [-0.39, 0.29) is 11.8 Å². The SMILES string of the molecule is CN(C)c1ccc(NC(=O)C2CCCCC2)cn1. The highest BCUT2D eigenvalue weighted by Crippen LogP contribution is 2.25. The Balaban J connectivity index is 1.94. The lowest BCUT2D eigenvalue weighted by Gasteiger charge is -2.20. The number of carbonyl (C=O) groups is 1. The van der Waals surface area contributed by atoms with Crippen LogP contribution < -0.4 is 10.2 Å². The molecule has 1 N–H and O–H groups in total. The zero-order valence-corrected chi connectivity index (χ0v) is 11.1. The van der Waals surface area contributed by atoms with Gasteiger partial charge in [0, 0.05) is 20.0 Å². The van der Waals surface area contributed by atoms with Gasteiger partial charge in [0.1, 0.15) is 5.82 Å². The van der Waals surface area contributed by atoms with Crippen molar-refractivity contribution in [2.45, 2.75) is 32.1 Å². The quantitative estimate of drug-likeness (QED) is 0.893. The molecule has 1 aromatic rings. The Morgan fingerprint density at radius 2 is 2.00 bits per heavy atom. The van der Waals surface area contributed by atoms with Crippen LogP contribution in [0.15, 0.2) is 18.3 Å². The van der Waals surface area contributed by atoms with Crippen LogP contribution in [0.2, 0.25) is 0 Å². The fourth-order valence-electron chi connectivity index (χ4n) is 2.33. The van der Waals surface area contributed by atoms with E-state index in [0.29, 0.717) is 0 Å². The third kappa shape index (κ3) is 3.22. The summed E-state index contributed by atoms with van der Waals surface area (Å²) in [6.45, 7) is 0. The molecule has 1 fully saturated rings. The summed E-state index contributed by atoms with van der Waals surface area (Å²) < 4.78 is 0. The summed E-state index contributed by atoms with van der Waals surface area (Å²) in [4.78, 5) is 18.3. The van der Waals surface area contributed by atoms with E-state index in [4.69, 9.17) is 0 Å². The summed E-state index contributed by atoms with van der Waals surface area (Å²) in [5.41, 5.74) is 0.788. The second-order valence-electron chi connectivity index (χ2n) is 5.12. The van der Waals surface area contributed by atoms with Crippen molar-refractivity contribution in [2.24, 2.45) is 5.92 Å². The molecule has 1 aliphatic rings. The lowest BCUT2D eigenvalue weighted by Crippen LogP contribution is -2.24. The van der Waals surface area contributed by atoms with Crippen LogP contribution in [0.4, 0.5) is 11.5 Å². The van der Waals surface area contributed by atoms with Gasteiger partial charge < -0.3 is 10.2 Å². The van der Waals surface area contributed by atoms with E-state index in [9.17, 15) is 4.79 Å². The van der Waals surface area contributed by atoms with Crippen molar-refractivity contribution >= 4 is 17.4 Å². The zero-order chi connectivity index (χ0) is 13.0. The molecule has 0 spiro atoms.